The molecule has 8 heteroatoms. The number of aryl methyl sites for hydroxylation is 1. The molecule has 7 nitrogen and oxygen atoms in total. The molecule has 0 amide bonds. The first-order valence-corrected chi connectivity index (χ1v) is 9.82. The second kappa shape index (κ2) is 10.8. The molecule has 0 aliphatic rings. The topological polar surface area (TPSA) is 71.3 Å². The first-order valence-electron chi connectivity index (χ1n) is 7.89. The summed E-state index contributed by atoms with van der Waals surface area (Å²) in [6.07, 6.45) is 6.09. The zero-order chi connectivity index (χ0) is 15.4. The molecular formula is C13H28N4O3Si. The number of unbranched alkanes of at least 4 members (excludes halogenated alkanes) is 3. The van der Waals surface area contributed by atoms with Crippen molar-refractivity contribution < 1.29 is 13.3 Å². The van der Waals surface area contributed by atoms with Crippen molar-refractivity contribution in [2.75, 3.05) is 19.8 Å². The van der Waals surface area contributed by atoms with Crippen molar-refractivity contribution in [3.63, 3.8) is 0 Å². The Morgan fingerprint density at radius 2 is 1.52 bits per heavy atom. The number of tetrazole rings is 1. The van der Waals surface area contributed by atoms with E-state index in [9.17, 15) is 0 Å². The Labute approximate surface area is 128 Å². The molecule has 0 fully saturated rings. The summed E-state index contributed by atoms with van der Waals surface area (Å²) in [5.41, 5.74) is 0. The zero-order valence-electron chi connectivity index (χ0n) is 13.5. The second-order valence-corrected chi connectivity index (χ2v) is 7.45. The lowest BCUT2D eigenvalue weighted by molar-refractivity contribution is 0.0706. The van der Waals surface area contributed by atoms with Gasteiger partial charge in [-0.25, -0.2) is 4.68 Å². The Bertz CT molecular complexity index is 334. The summed E-state index contributed by atoms with van der Waals surface area (Å²) in [4.78, 5) is 0. The maximum absolute atomic E-state index is 5.84. The molecular weight excluding hydrogens is 288 g/mol. The molecule has 0 aromatic carbocycles. The van der Waals surface area contributed by atoms with Crippen LogP contribution in [0.2, 0.25) is 6.04 Å². The Balaban J connectivity index is 2.22. The third-order valence-electron chi connectivity index (χ3n) is 3.10. The Morgan fingerprint density at radius 3 is 2.05 bits per heavy atom. The number of aromatic nitrogens is 4. The molecule has 1 aromatic heterocycles. The fourth-order valence-corrected chi connectivity index (χ4v) is 4.94. The molecule has 0 saturated heterocycles. The molecule has 0 saturated carbocycles. The highest BCUT2D eigenvalue weighted by Gasteiger charge is 2.39. The van der Waals surface area contributed by atoms with E-state index in [1.165, 1.54) is 0 Å². The molecule has 0 unspecified atom stereocenters. The SMILES string of the molecule is CCO[Si](CCCCCCn1cnnn1)(OCC)OCC. The average Bonchev–Trinajstić information content (AvgIpc) is 2.97. The first-order chi connectivity index (χ1) is 10.3. The predicted octanol–water partition coefficient (Wildman–Crippen LogP) is 2.28. The van der Waals surface area contributed by atoms with E-state index in [4.69, 9.17) is 13.3 Å². The summed E-state index contributed by atoms with van der Waals surface area (Å²) >= 11 is 0. The van der Waals surface area contributed by atoms with Gasteiger partial charge in [-0.3, -0.25) is 0 Å². The first kappa shape index (κ1) is 18.2. The minimum Gasteiger partial charge on any atom is -0.374 e. The van der Waals surface area contributed by atoms with Crippen molar-refractivity contribution in [3.05, 3.63) is 6.33 Å². The van der Waals surface area contributed by atoms with Crippen LogP contribution in [0.5, 0.6) is 0 Å². The number of rotatable bonds is 13. The van der Waals surface area contributed by atoms with E-state index < -0.39 is 8.80 Å². The van der Waals surface area contributed by atoms with E-state index >= 15 is 0 Å². The van der Waals surface area contributed by atoms with Gasteiger partial charge in [0, 0.05) is 32.4 Å². The fourth-order valence-electron chi connectivity index (χ4n) is 2.25. The molecule has 0 bridgehead atoms. The summed E-state index contributed by atoms with van der Waals surface area (Å²) in [5, 5.41) is 11.1. The number of hydrogen-bond donors (Lipinski definition) is 0. The van der Waals surface area contributed by atoms with Crippen LogP contribution in [0, 0.1) is 0 Å². The molecule has 0 spiro atoms. The van der Waals surface area contributed by atoms with Gasteiger partial charge in [-0.1, -0.05) is 12.8 Å². The molecule has 122 valence electrons. The van der Waals surface area contributed by atoms with Gasteiger partial charge in [0.2, 0.25) is 0 Å². The third-order valence-corrected chi connectivity index (χ3v) is 6.26. The van der Waals surface area contributed by atoms with Gasteiger partial charge in [0.1, 0.15) is 6.33 Å². The quantitative estimate of drug-likeness (QED) is 0.411. The van der Waals surface area contributed by atoms with Gasteiger partial charge < -0.3 is 13.3 Å². The standard InChI is InChI=1S/C13H28N4O3Si/c1-4-18-21(19-5-2,20-6-3)12-10-8-7-9-11-17-13-14-15-16-17/h13H,4-12H2,1-3H3. The number of hydrogen-bond acceptors (Lipinski definition) is 6. The van der Waals surface area contributed by atoms with Gasteiger partial charge in [0.25, 0.3) is 0 Å². The summed E-state index contributed by atoms with van der Waals surface area (Å²) in [7, 11) is -2.45. The van der Waals surface area contributed by atoms with Crippen molar-refractivity contribution in [3.8, 4) is 0 Å². The predicted molar refractivity (Wildman–Crippen MR) is 81.7 cm³/mol. The van der Waals surface area contributed by atoms with Crippen molar-refractivity contribution >= 4 is 8.80 Å². The lowest BCUT2D eigenvalue weighted by Crippen LogP contribution is -2.45. The molecule has 0 radical (unpaired) electrons. The Morgan fingerprint density at radius 1 is 0.905 bits per heavy atom. The van der Waals surface area contributed by atoms with Gasteiger partial charge >= 0.3 is 8.80 Å². The van der Waals surface area contributed by atoms with Crippen LogP contribution in [-0.4, -0.2) is 48.8 Å². The van der Waals surface area contributed by atoms with Gasteiger partial charge in [-0.15, -0.1) is 5.10 Å². The van der Waals surface area contributed by atoms with Gasteiger partial charge in [0.15, 0.2) is 0 Å². The second-order valence-electron chi connectivity index (χ2n) is 4.72. The van der Waals surface area contributed by atoms with Gasteiger partial charge in [-0.05, 0) is 44.0 Å². The lowest BCUT2D eigenvalue weighted by Gasteiger charge is -2.28. The van der Waals surface area contributed by atoms with Crippen molar-refractivity contribution in [1.29, 1.82) is 0 Å². The van der Waals surface area contributed by atoms with Crippen molar-refractivity contribution in [2.24, 2.45) is 0 Å². The van der Waals surface area contributed by atoms with Gasteiger partial charge in [0.05, 0.1) is 0 Å². The Hall–Kier alpha value is -0.833. The zero-order valence-corrected chi connectivity index (χ0v) is 14.5. The van der Waals surface area contributed by atoms with E-state index in [-0.39, 0.29) is 0 Å². The summed E-state index contributed by atoms with van der Waals surface area (Å²) in [5.74, 6) is 0. The van der Waals surface area contributed by atoms with Crippen LogP contribution >= 0.6 is 0 Å². The molecule has 0 N–H and O–H groups in total. The number of nitrogens with zero attached hydrogens (tertiary/aromatic N) is 4. The van der Waals surface area contributed by atoms with Crippen molar-refractivity contribution in [2.45, 2.75) is 59.0 Å². The summed E-state index contributed by atoms with van der Waals surface area (Å²) < 4.78 is 19.3. The summed E-state index contributed by atoms with van der Waals surface area (Å²) in [6, 6.07) is 0.896. The molecule has 1 heterocycles. The maximum atomic E-state index is 5.84. The summed E-state index contributed by atoms with van der Waals surface area (Å²) in [6.45, 7) is 8.78. The Kier molecular flexibility index (Phi) is 9.40. The lowest BCUT2D eigenvalue weighted by atomic mass is 10.2. The van der Waals surface area contributed by atoms with Crippen LogP contribution in [0.1, 0.15) is 46.5 Å². The minimum atomic E-state index is -2.45. The van der Waals surface area contributed by atoms with Crippen LogP contribution in [0.25, 0.3) is 0 Å². The van der Waals surface area contributed by atoms with Crippen LogP contribution in [0.4, 0.5) is 0 Å². The van der Waals surface area contributed by atoms with Crippen LogP contribution in [0.3, 0.4) is 0 Å². The molecule has 21 heavy (non-hydrogen) atoms. The monoisotopic (exact) mass is 316 g/mol. The molecule has 1 rings (SSSR count). The molecule has 0 aliphatic heterocycles. The van der Waals surface area contributed by atoms with Crippen LogP contribution in [-0.2, 0) is 19.8 Å². The normalized spacial score (nSPS) is 12.0. The van der Waals surface area contributed by atoms with E-state index in [2.05, 4.69) is 15.5 Å². The largest absolute Gasteiger partial charge is 0.500 e. The van der Waals surface area contributed by atoms with E-state index in [0.29, 0.717) is 19.8 Å². The highest BCUT2D eigenvalue weighted by Crippen LogP contribution is 2.20. The molecule has 0 atom stereocenters. The fraction of sp³-hybridized carbons (Fsp3) is 0.923. The maximum Gasteiger partial charge on any atom is 0.500 e. The molecule has 0 aliphatic carbocycles. The average molecular weight is 316 g/mol. The van der Waals surface area contributed by atoms with Crippen LogP contribution < -0.4 is 0 Å². The molecule has 1 aromatic rings. The highest BCUT2D eigenvalue weighted by molar-refractivity contribution is 6.60. The van der Waals surface area contributed by atoms with Crippen LogP contribution in [0.15, 0.2) is 6.33 Å². The highest BCUT2D eigenvalue weighted by atomic mass is 28.4. The van der Waals surface area contributed by atoms with E-state index in [1.54, 1.807) is 11.0 Å². The third kappa shape index (κ3) is 7.12. The van der Waals surface area contributed by atoms with E-state index in [1.807, 2.05) is 20.8 Å². The smallest absolute Gasteiger partial charge is 0.374 e. The van der Waals surface area contributed by atoms with Gasteiger partial charge in [-0.2, -0.15) is 0 Å². The minimum absolute atomic E-state index is 0.644. The van der Waals surface area contributed by atoms with E-state index in [0.717, 1.165) is 38.3 Å². The van der Waals surface area contributed by atoms with Crippen molar-refractivity contribution in [1.82, 2.24) is 20.2 Å².